The van der Waals surface area contributed by atoms with Crippen molar-refractivity contribution in [2.24, 2.45) is 4.99 Å². The van der Waals surface area contributed by atoms with E-state index in [4.69, 9.17) is 0 Å². The van der Waals surface area contributed by atoms with Gasteiger partial charge in [-0.2, -0.15) is 17.5 Å². The molecule has 2 aliphatic heterocycles. The highest BCUT2D eigenvalue weighted by atomic mass is 32.2. The van der Waals surface area contributed by atoms with Crippen molar-refractivity contribution in [3.8, 4) is 11.3 Å². The topological polar surface area (TPSA) is 117 Å². The number of carbonyl (C=O) groups is 1. The number of aromatic nitrogens is 2. The van der Waals surface area contributed by atoms with Gasteiger partial charge in [0.25, 0.3) is 0 Å². The fourth-order valence-electron chi connectivity index (χ4n) is 5.71. The Balaban J connectivity index is 1.19. The second-order valence-corrected chi connectivity index (χ2v) is 13.1. The highest BCUT2D eigenvalue weighted by Crippen LogP contribution is 2.34. The molecule has 3 heterocycles. The number of hydrogen-bond donors (Lipinski definition) is 2. The van der Waals surface area contributed by atoms with Crippen LogP contribution in [0.5, 0.6) is 0 Å². The summed E-state index contributed by atoms with van der Waals surface area (Å²) < 4.78 is 80.6. The monoisotopic (exact) mass is 666 g/mol. The van der Waals surface area contributed by atoms with E-state index in [9.17, 15) is 30.8 Å². The molecule has 0 spiro atoms. The van der Waals surface area contributed by atoms with Crippen molar-refractivity contribution in [2.75, 3.05) is 18.4 Å². The Labute approximate surface area is 268 Å². The molecular formula is C33H30F4N6O3S. The molecule has 0 saturated carbocycles. The van der Waals surface area contributed by atoms with Crippen molar-refractivity contribution in [1.29, 1.82) is 0 Å². The predicted molar refractivity (Wildman–Crippen MR) is 168 cm³/mol. The summed E-state index contributed by atoms with van der Waals surface area (Å²) in [5.74, 6) is -0.796. The van der Waals surface area contributed by atoms with E-state index < -0.39 is 39.5 Å². The molecule has 1 fully saturated rings. The fraction of sp³-hybridized carbons (Fsp3) is 0.273. The predicted octanol–water partition coefficient (Wildman–Crippen LogP) is 6.07. The average Bonchev–Trinajstić information content (AvgIpc) is 3.72. The summed E-state index contributed by atoms with van der Waals surface area (Å²) in [5, 5.41) is 5.95. The lowest BCUT2D eigenvalue weighted by Gasteiger charge is -2.23. The zero-order valence-electron chi connectivity index (χ0n) is 24.9. The van der Waals surface area contributed by atoms with E-state index in [0.29, 0.717) is 42.8 Å². The normalized spacial score (nSPS) is 17.9. The minimum Gasteiger partial charge on any atom is -0.354 e. The molecule has 244 valence electrons. The smallest absolute Gasteiger partial charge is 0.354 e. The third kappa shape index (κ3) is 7.18. The average molecular weight is 667 g/mol. The lowest BCUT2D eigenvalue weighted by atomic mass is 9.98. The molecule has 3 aromatic carbocycles. The number of hydrogen-bond acceptors (Lipinski definition) is 7. The molecule has 1 amide bonds. The van der Waals surface area contributed by atoms with Gasteiger partial charge in [-0.15, -0.1) is 0 Å². The fourth-order valence-corrected chi connectivity index (χ4v) is 7.37. The highest BCUT2D eigenvalue weighted by molar-refractivity contribution is 7.89. The molecule has 4 aromatic rings. The maximum atomic E-state index is 13.4. The standard InChI is InChI=1S/C33H30F4N6O3S/c34-24-11-13-26(14-12-24)47(45,46)43-17-3-6-30(43)31(44)40-20-25-18-29(21-7-9-23(10-8-21)33(35,36)37)42-32(41-25)38-16-15-22-19-39-28-5-2-1-4-27(22)28/h1-2,4-5,7-14,18-19,22,30H,3,6,15-17,20H2,(H,40,44)(H,38,41,42)/t22?,30-/m0/s1. The van der Waals surface area contributed by atoms with Crippen LogP contribution in [0, 0.1) is 5.82 Å². The van der Waals surface area contributed by atoms with Crippen molar-refractivity contribution in [3.63, 3.8) is 0 Å². The van der Waals surface area contributed by atoms with E-state index in [1.165, 1.54) is 12.1 Å². The third-order valence-electron chi connectivity index (χ3n) is 8.13. The van der Waals surface area contributed by atoms with Crippen LogP contribution in [0.15, 0.2) is 88.8 Å². The summed E-state index contributed by atoms with van der Waals surface area (Å²) in [4.78, 5) is 26.7. The molecule has 9 nitrogen and oxygen atoms in total. The second-order valence-electron chi connectivity index (χ2n) is 11.2. The Hall–Kier alpha value is -4.69. The maximum absolute atomic E-state index is 13.4. The molecular weight excluding hydrogens is 636 g/mol. The summed E-state index contributed by atoms with van der Waals surface area (Å²) >= 11 is 0. The molecule has 0 bridgehead atoms. The van der Waals surface area contributed by atoms with Gasteiger partial charge < -0.3 is 10.6 Å². The molecule has 1 unspecified atom stereocenters. The summed E-state index contributed by atoms with van der Waals surface area (Å²) in [6.45, 7) is 0.506. The first-order valence-electron chi connectivity index (χ1n) is 15.0. The Bertz CT molecular complexity index is 1900. The van der Waals surface area contributed by atoms with Gasteiger partial charge in [-0.1, -0.05) is 30.3 Å². The van der Waals surface area contributed by atoms with Crippen molar-refractivity contribution in [3.05, 3.63) is 102 Å². The van der Waals surface area contributed by atoms with Gasteiger partial charge in [-0.05, 0) is 73.4 Å². The number of nitrogens with one attached hydrogen (secondary N) is 2. The Morgan fingerprint density at radius 3 is 2.47 bits per heavy atom. The number of halogens is 4. The quantitative estimate of drug-likeness (QED) is 0.199. The number of amides is 1. The van der Waals surface area contributed by atoms with Crippen LogP contribution < -0.4 is 10.6 Å². The van der Waals surface area contributed by atoms with Crippen LogP contribution in [-0.4, -0.2) is 53.9 Å². The molecule has 2 aliphatic rings. The first-order valence-corrected chi connectivity index (χ1v) is 16.4. The number of anilines is 1. The number of nitrogens with zero attached hydrogens (tertiary/aromatic N) is 4. The van der Waals surface area contributed by atoms with Crippen LogP contribution in [0.3, 0.4) is 0 Å². The molecule has 1 saturated heterocycles. The van der Waals surface area contributed by atoms with Crippen molar-refractivity contribution >= 4 is 33.8 Å². The molecule has 0 radical (unpaired) electrons. The van der Waals surface area contributed by atoms with Crippen LogP contribution in [0.2, 0.25) is 0 Å². The zero-order chi connectivity index (χ0) is 33.2. The van der Waals surface area contributed by atoms with E-state index in [2.05, 4.69) is 25.6 Å². The van der Waals surface area contributed by atoms with E-state index in [1.54, 1.807) is 6.07 Å². The van der Waals surface area contributed by atoms with Gasteiger partial charge >= 0.3 is 6.18 Å². The first-order chi connectivity index (χ1) is 22.5. The largest absolute Gasteiger partial charge is 0.416 e. The van der Waals surface area contributed by atoms with Crippen LogP contribution in [0.4, 0.5) is 29.2 Å². The van der Waals surface area contributed by atoms with Gasteiger partial charge in [0.15, 0.2) is 0 Å². The number of carbonyl (C=O) groups excluding carboxylic acids is 1. The Morgan fingerprint density at radius 2 is 1.72 bits per heavy atom. The van der Waals surface area contributed by atoms with Crippen molar-refractivity contribution in [2.45, 2.75) is 48.8 Å². The zero-order valence-corrected chi connectivity index (χ0v) is 25.7. The minimum absolute atomic E-state index is 0.0900. The molecule has 0 aliphatic carbocycles. The van der Waals surface area contributed by atoms with E-state index >= 15 is 0 Å². The molecule has 47 heavy (non-hydrogen) atoms. The number of para-hydroxylation sites is 1. The molecule has 2 N–H and O–H groups in total. The van der Waals surface area contributed by atoms with Crippen molar-refractivity contribution < 1.29 is 30.8 Å². The second kappa shape index (κ2) is 13.2. The van der Waals surface area contributed by atoms with Gasteiger partial charge in [0.2, 0.25) is 21.9 Å². The first kappa shape index (κ1) is 32.3. The van der Waals surface area contributed by atoms with Gasteiger partial charge in [0.05, 0.1) is 34.1 Å². The van der Waals surface area contributed by atoms with Gasteiger partial charge in [0.1, 0.15) is 11.9 Å². The molecule has 1 aromatic heterocycles. The van der Waals surface area contributed by atoms with Crippen molar-refractivity contribution in [1.82, 2.24) is 19.6 Å². The SMILES string of the molecule is O=C(NCc1cc(-c2ccc(C(F)(F)F)cc2)nc(NCCC2C=Nc3ccccc32)n1)[C@@H]1CCCN1S(=O)(=O)c1ccc(F)cc1. The molecule has 14 heteroatoms. The molecule has 2 atom stereocenters. The van der Waals surface area contributed by atoms with Crippen LogP contribution in [-0.2, 0) is 27.5 Å². The van der Waals surface area contributed by atoms with Crippen LogP contribution in [0.25, 0.3) is 11.3 Å². The van der Waals surface area contributed by atoms with E-state index in [-0.39, 0.29) is 29.9 Å². The number of fused-ring (bicyclic) bond motifs is 1. The van der Waals surface area contributed by atoms with Crippen LogP contribution in [0.1, 0.15) is 42.0 Å². The maximum Gasteiger partial charge on any atom is 0.416 e. The van der Waals surface area contributed by atoms with Gasteiger partial charge in [0, 0.05) is 30.8 Å². The highest BCUT2D eigenvalue weighted by Gasteiger charge is 2.39. The number of alkyl halides is 3. The summed E-state index contributed by atoms with van der Waals surface area (Å²) in [7, 11) is -4.05. The van der Waals surface area contributed by atoms with Gasteiger partial charge in [-0.25, -0.2) is 22.8 Å². The Kier molecular flexibility index (Phi) is 9.06. The number of sulfonamides is 1. The number of rotatable bonds is 10. The number of aliphatic imine (C=N–C) groups is 1. The summed E-state index contributed by atoms with van der Waals surface area (Å²) in [6.07, 6.45) is -1.16. The van der Waals surface area contributed by atoms with Crippen LogP contribution >= 0.6 is 0 Å². The van der Waals surface area contributed by atoms with E-state index in [0.717, 1.165) is 52.0 Å². The lowest BCUT2D eigenvalue weighted by molar-refractivity contribution is -0.137. The summed E-state index contributed by atoms with van der Waals surface area (Å²) in [6, 6.07) is 17.4. The summed E-state index contributed by atoms with van der Waals surface area (Å²) in [5.41, 5.74) is 2.36. The third-order valence-corrected chi connectivity index (χ3v) is 10.0. The van der Waals surface area contributed by atoms with Gasteiger partial charge in [-0.3, -0.25) is 9.79 Å². The minimum atomic E-state index is -4.49. The van der Waals surface area contributed by atoms with E-state index in [1.807, 2.05) is 30.5 Å². The molecule has 6 rings (SSSR count). The Morgan fingerprint density at radius 1 is 0.979 bits per heavy atom. The lowest BCUT2D eigenvalue weighted by Crippen LogP contribution is -2.45. The number of benzene rings is 3.